The van der Waals surface area contributed by atoms with E-state index >= 15 is 0 Å². The Labute approximate surface area is 165 Å². The number of thioether (sulfide) groups is 1. The number of carbonyl (C=O) groups excluding carboxylic acids is 1. The molecule has 0 aliphatic carbocycles. The predicted octanol–water partition coefficient (Wildman–Crippen LogP) is 4.92. The molecule has 3 rings (SSSR count). The highest BCUT2D eigenvalue weighted by molar-refractivity contribution is 9.10. The average Bonchev–Trinajstić information content (AvgIpc) is 3.11. The SMILES string of the molecule is CCc1ccc(NC(=O)[C@H](C)Sc2n[nH]c(-c3ccccc3Br)n2)cc1. The number of halogens is 1. The van der Waals surface area contributed by atoms with Crippen molar-refractivity contribution in [3.8, 4) is 11.4 Å². The van der Waals surface area contributed by atoms with Crippen molar-refractivity contribution in [2.24, 2.45) is 0 Å². The second-order valence-corrected chi connectivity index (χ2v) is 7.91. The number of amides is 1. The van der Waals surface area contributed by atoms with Crippen LogP contribution in [0.1, 0.15) is 19.4 Å². The van der Waals surface area contributed by atoms with Crippen LogP contribution in [0.3, 0.4) is 0 Å². The molecule has 2 N–H and O–H groups in total. The number of hydrogen-bond donors (Lipinski definition) is 2. The van der Waals surface area contributed by atoms with Crippen LogP contribution in [0.5, 0.6) is 0 Å². The van der Waals surface area contributed by atoms with Crippen LogP contribution in [0.15, 0.2) is 58.2 Å². The minimum absolute atomic E-state index is 0.0773. The Hall–Kier alpha value is -2.12. The summed E-state index contributed by atoms with van der Waals surface area (Å²) in [6.45, 7) is 3.94. The summed E-state index contributed by atoms with van der Waals surface area (Å²) in [6.07, 6.45) is 0.977. The first-order valence-electron chi connectivity index (χ1n) is 8.30. The Morgan fingerprint density at radius 2 is 1.96 bits per heavy atom. The third-order valence-electron chi connectivity index (χ3n) is 3.88. The third-order valence-corrected chi connectivity index (χ3v) is 5.53. The first kappa shape index (κ1) is 18.7. The van der Waals surface area contributed by atoms with Crippen molar-refractivity contribution < 1.29 is 4.79 Å². The van der Waals surface area contributed by atoms with Gasteiger partial charge in [0.05, 0.1) is 5.25 Å². The van der Waals surface area contributed by atoms with Crippen molar-refractivity contribution >= 4 is 39.3 Å². The summed E-state index contributed by atoms with van der Waals surface area (Å²) >= 11 is 4.82. The lowest BCUT2D eigenvalue weighted by Crippen LogP contribution is -2.22. The molecule has 2 aromatic carbocycles. The number of aromatic amines is 1. The first-order chi connectivity index (χ1) is 12.6. The van der Waals surface area contributed by atoms with Gasteiger partial charge in [-0.3, -0.25) is 9.89 Å². The maximum Gasteiger partial charge on any atom is 0.237 e. The van der Waals surface area contributed by atoms with Gasteiger partial charge in [0.25, 0.3) is 0 Å². The first-order valence-corrected chi connectivity index (χ1v) is 9.98. The summed E-state index contributed by atoms with van der Waals surface area (Å²) < 4.78 is 0.939. The number of carbonyl (C=O) groups is 1. The second-order valence-electron chi connectivity index (χ2n) is 5.75. The topological polar surface area (TPSA) is 70.7 Å². The summed E-state index contributed by atoms with van der Waals surface area (Å²) in [5.74, 6) is 0.592. The predicted molar refractivity (Wildman–Crippen MR) is 109 cm³/mol. The van der Waals surface area contributed by atoms with Crippen molar-refractivity contribution in [2.75, 3.05) is 5.32 Å². The molecule has 0 unspecified atom stereocenters. The Morgan fingerprint density at radius 1 is 1.23 bits per heavy atom. The molecule has 1 heterocycles. The smallest absolute Gasteiger partial charge is 0.237 e. The van der Waals surface area contributed by atoms with Gasteiger partial charge in [-0.15, -0.1) is 5.10 Å². The van der Waals surface area contributed by atoms with Gasteiger partial charge >= 0.3 is 0 Å². The highest BCUT2D eigenvalue weighted by atomic mass is 79.9. The summed E-state index contributed by atoms with van der Waals surface area (Å²) in [5, 5.41) is 10.3. The zero-order valence-electron chi connectivity index (χ0n) is 14.5. The average molecular weight is 431 g/mol. The Kier molecular flexibility index (Phi) is 6.11. The molecule has 0 bridgehead atoms. The van der Waals surface area contributed by atoms with E-state index in [1.54, 1.807) is 0 Å². The number of hydrogen-bond acceptors (Lipinski definition) is 4. The molecule has 0 spiro atoms. The van der Waals surface area contributed by atoms with E-state index in [9.17, 15) is 4.79 Å². The standard InChI is InChI=1S/C19H19BrN4OS/c1-3-13-8-10-14(11-9-13)21-18(25)12(2)26-19-22-17(23-24-19)15-6-4-5-7-16(15)20/h4-12H,3H2,1-2H3,(H,21,25)(H,22,23,24)/t12-/m0/s1. The largest absolute Gasteiger partial charge is 0.325 e. The molecule has 134 valence electrons. The quantitative estimate of drug-likeness (QED) is 0.544. The Bertz CT molecular complexity index is 895. The minimum atomic E-state index is -0.316. The van der Waals surface area contributed by atoms with Crippen LogP contribution in [0.25, 0.3) is 11.4 Å². The molecule has 1 aromatic heterocycles. The number of aromatic nitrogens is 3. The van der Waals surface area contributed by atoms with Crippen LogP contribution >= 0.6 is 27.7 Å². The number of H-pyrrole nitrogens is 1. The van der Waals surface area contributed by atoms with E-state index in [0.717, 1.165) is 22.1 Å². The van der Waals surface area contributed by atoms with Gasteiger partial charge < -0.3 is 5.32 Å². The molecular formula is C19H19BrN4OS. The van der Waals surface area contributed by atoms with E-state index in [4.69, 9.17) is 0 Å². The molecule has 5 nitrogen and oxygen atoms in total. The molecule has 0 saturated heterocycles. The van der Waals surface area contributed by atoms with Crippen molar-refractivity contribution in [1.82, 2.24) is 15.2 Å². The van der Waals surface area contributed by atoms with E-state index in [0.29, 0.717) is 11.0 Å². The van der Waals surface area contributed by atoms with Crippen LogP contribution < -0.4 is 5.32 Å². The fraction of sp³-hybridized carbons (Fsp3) is 0.211. The molecule has 26 heavy (non-hydrogen) atoms. The molecule has 7 heteroatoms. The van der Waals surface area contributed by atoms with E-state index in [1.165, 1.54) is 17.3 Å². The van der Waals surface area contributed by atoms with Crippen LogP contribution in [0.2, 0.25) is 0 Å². The lowest BCUT2D eigenvalue weighted by atomic mass is 10.1. The van der Waals surface area contributed by atoms with Gasteiger partial charge in [-0.1, -0.05) is 64.9 Å². The van der Waals surface area contributed by atoms with Crippen molar-refractivity contribution in [2.45, 2.75) is 30.7 Å². The van der Waals surface area contributed by atoms with Gasteiger partial charge in [0.15, 0.2) is 5.82 Å². The minimum Gasteiger partial charge on any atom is -0.325 e. The van der Waals surface area contributed by atoms with Crippen molar-refractivity contribution in [3.63, 3.8) is 0 Å². The number of benzene rings is 2. The van der Waals surface area contributed by atoms with Crippen LogP contribution in [0, 0.1) is 0 Å². The summed E-state index contributed by atoms with van der Waals surface area (Å²) in [6, 6.07) is 15.7. The molecule has 1 amide bonds. The van der Waals surface area contributed by atoms with Crippen molar-refractivity contribution in [3.05, 3.63) is 58.6 Å². The summed E-state index contributed by atoms with van der Waals surface area (Å²) in [7, 11) is 0. The number of anilines is 1. The maximum absolute atomic E-state index is 12.4. The molecule has 1 atom stereocenters. The third kappa shape index (κ3) is 4.53. The lowest BCUT2D eigenvalue weighted by Gasteiger charge is -2.10. The van der Waals surface area contributed by atoms with Gasteiger partial charge in [-0.2, -0.15) is 0 Å². The van der Waals surface area contributed by atoms with Crippen LogP contribution in [-0.4, -0.2) is 26.3 Å². The molecule has 0 saturated carbocycles. The van der Waals surface area contributed by atoms with Crippen LogP contribution in [0.4, 0.5) is 5.69 Å². The van der Waals surface area contributed by atoms with Gasteiger partial charge in [-0.05, 0) is 37.1 Å². The van der Waals surface area contributed by atoms with Crippen LogP contribution in [-0.2, 0) is 11.2 Å². The van der Waals surface area contributed by atoms with Gasteiger partial charge in [0.1, 0.15) is 0 Å². The summed E-state index contributed by atoms with van der Waals surface area (Å²) in [5.41, 5.74) is 2.97. The fourth-order valence-corrected chi connectivity index (χ4v) is 3.55. The molecule has 0 aliphatic heterocycles. The Balaban J connectivity index is 1.63. The summed E-state index contributed by atoms with van der Waals surface area (Å²) in [4.78, 5) is 16.9. The number of nitrogens with one attached hydrogen (secondary N) is 2. The second kappa shape index (κ2) is 8.51. The molecular weight excluding hydrogens is 412 g/mol. The van der Waals surface area contributed by atoms with E-state index < -0.39 is 0 Å². The van der Waals surface area contributed by atoms with E-state index in [2.05, 4.69) is 43.4 Å². The van der Waals surface area contributed by atoms with E-state index in [1.807, 2.05) is 55.5 Å². The highest BCUT2D eigenvalue weighted by Crippen LogP contribution is 2.28. The van der Waals surface area contributed by atoms with Gasteiger partial charge in [-0.25, -0.2) is 4.98 Å². The zero-order chi connectivity index (χ0) is 18.5. The molecule has 3 aromatic rings. The number of nitrogens with zero attached hydrogens (tertiary/aromatic N) is 2. The Morgan fingerprint density at radius 3 is 2.65 bits per heavy atom. The number of aryl methyl sites for hydroxylation is 1. The van der Waals surface area contributed by atoms with Gasteiger partial charge in [0.2, 0.25) is 11.1 Å². The normalized spacial score (nSPS) is 12.0. The lowest BCUT2D eigenvalue weighted by molar-refractivity contribution is -0.115. The monoisotopic (exact) mass is 430 g/mol. The molecule has 0 fully saturated rings. The van der Waals surface area contributed by atoms with E-state index in [-0.39, 0.29) is 11.2 Å². The van der Waals surface area contributed by atoms with Crippen molar-refractivity contribution in [1.29, 1.82) is 0 Å². The fourth-order valence-electron chi connectivity index (χ4n) is 2.35. The number of rotatable bonds is 6. The van der Waals surface area contributed by atoms with Gasteiger partial charge in [0, 0.05) is 15.7 Å². The molecule has 0 radical (unpaired) electrons. The zero-order valence-corrected chi connectivity index (χ0v) is 16.9. The molecule has 0 aliphatic rings. The highest BCUT2D eigenvalue weighted by Gasteiger charge is 2.18. The maximum atomic E-state index is 12.4.